The van der Waals surface area contributed by atoms with Crippen LogP contribution in [0.15, 0.2) is 29.6 Å². The highest BCUT2D eigenvalue weighted by atomic mass is 32.1. The number of rotatable bonds is 3. The average Bonchev–Trinajstić information content (AvgIpc) is 3.13. The van der Waals surface area contributed by atoms with Gasteiger partial charge in [-0.15, -0.1) is 11.3 Å². The van der Waals surface area contributed by atoms with E-state index in [2.05, 4.69) is 4.98 Å². The van der Waals surface area contributed by atoms with Crippen molar-refractivity contribution in [2.24, 2.45) is 5.92 Å². The molecule has 1 aromatic heterocycles. The Hall–Kier alpha value is -2.21. The maximum absolute atomic E-state index is 12.7. The summed E-state index contributed by atoms with van der Waals surface area (Å²) in [4.78, 5) is 30.0. The van der Waals surface area contributed by atoms with Crippen molar-refractivity contribution in [1.29, 1.82) is 0 Å². The topological polar surface area (TPSA) is 70.5 Å². The number of nitrogens with zero attached hydrogens (tertiary/aromatic N) is 2. The molecule has 1 aromatic carbocycles. The number of hydrogen-bond acceptors (Lipinski definition) is 4. The van der Waals surface area contributed by atoms with Crippen LogP contribution in [-0.2, 0) is 4.79 Å². The molecule has 2 unspecified atom stereocenters. The van der Waals surface area contributed by atoms with Gasteiger partial charge in [0, 0.05) is 29.1 Å². The third-order valence-corrected chi connectivity index (χ3v) is 5.13. The first-order valence-corrected chi connectivity index (χ1v) is 8.41. The highest BCUT2D eigenvalue weighted by molar-refractivity contribution is 7.09. The van der Waals surface area contributed by atoms with Crippen LogP contribution < -0.4 is 0 Å². The Labute approximate surface area is 138 Å². The predicted molar refractivity (Wildman–Crippen MR) is 88.5 cm³/mol. The summed E-state index contributed by atoms with van der Waals surface area (Å²) in [5, 5.41) is 12.2. The van der Waals surface area contributed by atoms with Crippen LogP contribution in [0.4, 0.5) is 0 Å². The van der Waals surface area contributed by atoms with Crippen LogP contribution in [0.5, 0.6) is 0 Å². The minimum Gasteiger partial charge on any atom is -0.481 e. The summed E-state index contributed by atoms with van der Waals surface area (Å²) in [6, 6.07) is 7.08. The van der Waals surface area contributed by atoms with Gasteiger partial charge in [0.25, 0.3) is 5.91 Å². The molecular weight excluding hydrogens is 312 g/mol. The van der Waals surface area contributed by atoms with Crippen LogP contribution in [0, 0.1) is 12.8 Å². The summed E-state index contributed by atoms with van der Waals surface area (Å²) in [5.41, 5.74) is 2.34. The number of aliphatic carboxylic acids is 1. The van der Waals surface area contributed by atoms with Gasteiger partial charge in [0.1, 0.15) is 0 Å². The van der Waals surface area contributed by atoms with E-state index in [4.69, 9.17) is 0 Å². The second-order valence-corrected chi connectivity index (χ2v) is 6.87. The Bertz CT molecular complexity index is 756. The van der Waals surface area contributed by atoms with Crippen LogP contribution in [0.1, 0.15) is 28.7 Å². The molecule has 1 amide bonds. The lowest BCUT2D eigenvalue weighted by Crippen LogP contribution is -2.37. The number of carboxylic acid groups (broad SMARTS) is 1. The Kier molecular flexibility index (Phi) is 4.17. The zero-order valence-corrected chi connectivity index (χ0v) is 13.8. The summed E-state index contributed by atoms with van der Waals surface area (Å²) in [6.07, 6.45) is 0.507. The molecule has 6 heteroatoms. The molecule has 1 N–H and O–H groups in total. The number of carboxylic acids is 1. The number of amides is 1. The quantitative estimate of drug-likeness (QED) is 0.939. The number of benzene rings is 1. The summed E-state index contributed by atoms with van der Waals surface area (Å²) in [7, 11) is 0. The molecule has 2 heterocycles. The van der Waals surface area contributed by atoms with Crippen molar-refractivity contribution >= 4 is 23.2 Å². The van der Waals surface area contributed by atoms with Gasteiger partial charge < -0.3 is 10.0 Å². The van der Waals surface area contributed by atoms with E-state index in [-0.39, 0.29) is 11.9 Å². The van der Waals surface area contributed by atoms with Crippen LogP contribution >= 0.6 is 11.3 Å². The van der Waals surface area contributed by atoms with Gasteiger partial charge >= 0.3 is 5.97 Å². The SMILES string of the molecule is Cc1nc(-c2cccc(C(=O)N3CCC(C(=O)O)C3C)c2)cs1. The molecule has 3 rings (SSSR count). The fourth-order valence-electron chi connectivity index (χ4n) is 3.03. The van der Waals surface area contributed by atoms with Crippen LogP contribution in [0.25, 0.3) is 11.3 Å². The van der Waals surface area contributed by atoms with Crippen molar-refractivity contribution in [3.05, 3.63) is 40.2 Å². The molecule has 0 bridgehead atoms. The maximum atomic E-state index is 12.7. The second kappa shape index (κ2) is 6.12. The van der Waals surface area contributed by atoms with Gasteiger partial charge in [0.05, 0.1) is 16.6 Å². The van der Waals surface area contributed by atoms with E-state index >= 15 is 0 Å². The van der Waals surface area contributed by atoms with Crippen molar-refractivity contribution in [1.82, 2.24) is 9.88 Å². The highest BCUT2D eigenvalue weighted by Crippen LogP contribution is 2.28. The number of likely N-dealkylation sites (tertiary alicyclic amines) is 1. The van der Waals surface area contributed by atoms with Crippen LogP contribution in [0.2, 0.25) is 0 Å². The Morgan fingerprint density at radius 3 is 2.78 bits per heavy atom. The molecule has 120 valence electrons. The van der Waals surface area contributed by atoms with E-state index in [1.807, 2.05) is 30.5 Å². The van der Waals surface area contributed by atoms with Crippen LogP contribution in [0.3, 0.4) is 0 Å². The molecule has 5 nitrogen and oxygen atoms in total. The number of aryl methyl sites for hydroxylation is 1. The van der Waals surface area contributed by atoms with Gasteiger partial charge in [-0.2, -0.15) is 0 Å². The number of aromatic nitrogens is 1. The lowest BCUT2D eigenvalue weighted by molar-refractivity contribution is -0.142. The van der Waals surface area contributed by atoms with Gasteiger partial charge in [-0.1, -0.05) is 12.1 Å². The first-order valence-electron chi connectivity index (χ1n) is 7.53. The van der Waals surface area contributed by atoms with E-state index in [0.717, 1.165) is 16.3 Å². The third-order valence-electron chi connectivity index (χ3n) is 4.36. The lowest BCUT2D eigenvalue weighted by atomic mass is 10.0. The highest BCUT2D eigenvalue weighted by Gasteiger charge is 2.38. The molecule has 1 fully saturated rings. The Morgan fingerprint density at radius 1 is 1.39 bits per heavy atom. The van der Waals surface area contributed by atoms with Gasteiger partial charge in [-0.25, -0.2) is 4.98 Å². The molecule has 1 saturated heterocycles. The average molecular weight is 330 g/mol. The fraction of sp³-hybridized carbons (Fsp3) is 0.353. The zero-order valence-electron chi connectivity index (χ0n) is 13.0. The van der Waals surface area contributed by atoms with Crippen molar-refractivity contribution in [3.8, 4) is 11.3 Å². The minimum absolute atomic E-state index is 0.116. The van der Waals surface area contributed by atoms with E-state index < -0.39 is 11.9 Å². The first-order chi connectivity index (χ1) is 11.0. The summed E-state index contributed by atoms with van der Waals surface area (Å²) in [6.45, 7) is 4.23. The minimum atomic E-state index is -0.834. The molecule has 0 aliphatic carbocycles. The first kappa shape index (κ1) is 15.7. The second-order valence-electron chi connectivity index (χ2n) is 5.81. The smallest absolute Gasteiger partial charge is 0.308 e. The summed E-state index contributed by atoms with van der Waals surface area (Å²) in [5.74, 6) is -1.43. The lowest BCUT2D eigenvalue weighted by Gasteiger charge is -2.23. The third kappa shape index (κ3) is 2.99. The number of carbonyl (C=O) groups excluding carboxylic acids is 1. The normalized spacial score (nSPS) is 20.7. The van der Waals surface area contributed by atoms with E-state index in [9.17, 15) is 14.7 Å². The van der Waals surface area contributed by atoms with E-state index in [0.29, 0.717) is 18.5 Å². The molecule has 2 aromatic rings. The number of hydrogen-bond donors (Lipinski definition) is 1. The zero-order chi connectivity index (χ0) is 16.6. The van der Waals surface area contributed by atoms with Gasteiger partial charge in [-0.05, 0) is 32.4 Å². The van der Waals surface area contributed by atoms with Gasteiger partial charge in [-0.3, -0.25) is 9.59 Å². The molecular formula is C17H18N2O3S. The van der Waals surface area contributed by atoms with Crippen molar-refractivity contribution in [3.63, 3.8) is 0 Å². The molecule has 1 aliphatic heterocycles. The largest absolute Gasteiger partial charge is 0.481 e. The monoisotopic (exact) mass is 330 g/mol. The number of carbonyl (C=O) groups is 2. The Morgan fingerprint density at radius 2 is 2.17 bits per heavy atom. The van der Waals surface area contributed by atoms with Gasteiger partial charge in [0.2, 0.25) is 0 Å². The molecule has 0 radical (unpaired) electrons. The van der Waals surface area contributed by atoms with Crippen molar-refractivity contribution < 1.29 is 14.7 Å². The number of thiazole rings is 1. The van der Waals surface area contributed by atoms with Crippen molar-refractivity contribution in [2.75, 3.05) is 6.54 Å². The standard InChI is InChI=1S/C17H18N2O3S/c1-10-14(17(21)22)6-7-19(10)16(20)13-5-3-4-12(8-13)15-9-23-11(2)18-15/h3-5,8-10,14H,6-7H2,1-2H3,(H,21,22). The molecule has 0 spiro atoms. The van der Waals surface area contributed by atoms with Crippen LogP contribution in [-0.4, -0.2) is 39.5 Å². The van der Waals surface area contributed by atoms with E-state index in [1.165, 1.54) is 0 Å². The predicted octanol–water partition coefficient (Wildman–Crippen LogP) is 3.05. The molecule has 2 atom stereocenters. The summed E-state index contributed by atoms with van der Waals surface area (Å²) >= 11 is 1.57. The van der Waals surface area contributed by atoms with Gasteiger partial charge in [0.15, 0.2) is 0 Å². The van der Waals surface area contributed by atoms with Crippen molar-refractivity contribution in [2.45, 2.75) is 26.3 Å². The molecule has 1 aliphatic rings. The van der Waals surface area contributed by atoms with E-state index in [1.54, 1.807) is 29.2 Å². The fourth-order valence-corrected chi connectivity index (χ4v) is 3.65. The molecule has 0 saturated carbocycles. The molecule has 23 heavy (non-hydrogen) atoms. The summed E-state index contributed by atoms with van der Waals surface area (Å²) < 4.78 is 0. The maximum Gasteiger partial charge on any atom is 0.308 e. The Balaban J connectivity index is 1.85.